The average Bonchev–Trinajstić information content (AvgIpc) is 3.17. The molecule has 3 unspecified atom stereocenters. The zero-order chi connectivity index (χ0) is 24.4. The second-order valence-electron chi connectivity index (χ2n) is 9.25. The molecular weight excluding hydrogens is 460 g/mol. The van der Waals surface area contributed by atoms with E-state index < -0.39 is 10.0 Å². The quantitative estimate of drug-likeness (QED) is 0.478. The van der Waals surface area contributed by atoms with E-state index in [-0.39, 0.29) is 12.1 Å². The van der Waals surface area contributed by atoms with E-state index in [1.807, 2.05) is 18.2 Å². The van der Waals surface area contributed by atoms with Gasteiger partial charge in [-0.05, 0) is 66.8 Å². The highest BCUT2D eigenvalue weighted by molar-refractivity contribution is 7.89. The lowest BCUT2D eigenvalue weighted by atomic mass is 9.95. The van der Waals surface area contributed by atoms with E-state index in [9.17, 15) is 8.42 Å². The first-order valence-electron chi connectivity index (χ1n) is 12.1. The van der Waals surface area contributed by atoms with Crippen molar-refractivity contribution in [3.05, 3.63) is 90.0 Å². The van der Waals surface area contributed by atoms with Crippen molar-refractivity contribution in [3.8, 4) is 11.5 Å². The van der Waals surface area contributed by atoms with Crippen molar-refractivity contribution < 1.29 is 17.9 Å². The van der Waals surface area contributed by atoms with Crippen molar-refractivity contribution in [2.45, 2.75) is 42.3 Å². The third-order valence-corrected chi connectivity index (χ3v) is 9.20. The molecule has 5 rings (SSSR count). The number of sulfonamides is 1. The van der Waals surface area contributed by atoms with Crippen LogP contribution in [0.5, 0.6) is 11.5 Å². The molecule has 3 aromatic rings. The zero-order valence-corrected chi connectivity index (χ0v) is 21.0. The van der Waals surface area contributed by atoms with Crippen LogP contribution in [0, 0.1) is 0 Å². The molecule has 2 saturated heterocycles. The van der Waals surface area contributed by atoms with Crippen LogP contribution in [0.15, 0.2) is 83.8 Å². The number of rotatable bonds is 7. The molecule has 3 aromatic carbocycles. The van der Waals surface area contributed by atoms with E-state index in [0.29, 0.717) is 29.8 Å². The monoisotopic (exact) mass is 492 g/mol. The maximum Gasteiger partial charge on any atom is 0.243 e. The van der Waals surface area contributed by atoms with E-state index in [1.54, 1.807) is 42.8 Å². The van der Waals surface area contributed by atoms with Crippen LogP contribution in [-0.2, 0) is 10.0 Å². The molecule has 7 heteroatoms. The molecular formula is C28H32N2O4S. The molecule has 2 aliphatic heterocycles. The standard InChI is InChI=1S/C28H32N2O4S/c1-33-25-13-15-27(16-14-25)35(31,32)29-18-17-23-11-12-24(20-29)30(23)28(21-7-4-3-5-8-21)22-9-6-10-26(19-22)34-2/h3-10,13-16,19,23-24,28H,11-12,17-18,20H2,1-2H3. The number of methoxy groups -OCH3 is 2. The lowest BCUT2D eigenvalue weighted by Crippen LogP contribution is -2.43. The summed E-state index contributed by atoms with van der Waals surface area (Å²) in [6.07, 6.45) is 2.86. The normalized spacial score (nSPS) is 21.9. The SMILES string of the molecule is COc1ccc(S(=O)(=O)N2CCC3CCC(C2)N3C(c2ccccc2)c2cccc(OC)c2)cc1. The van der Waals surface area contributed by atoms with Crippen LogP contribution in [0.4, 0.5) is 0 Å². The van der Waals surface area contributed by atoms with Crippen LogP contribution in [0.25, 0.3) is 0 Å². The zero-order valence-electron chi connectivity index (χ0n) is 20.2. The van der Waals surface area contributed by atoms with Crippen molar-refractivity contribution in [1.29, 1.82) is 0 Å². The van der Waals surface area contributed by atoms with E-state index in [0.717, 1.165) is 25.0 Å². The molecule has 0 spiro atoms. The molecule has 2 bridgehead atoms. The molecule has 6 nitrogen and oxygen atoms in total. The molecule has 35 heavy (non-hydrogen) atoms. The molecule has 2 aliphatic rings. The fourth-order valence-electron chi connectivity index (χ4n) is 5.60. The molecule has 0 radical (unpaired) electrons. The maximum atomic E-state index is 13.6. The highest BCUT2D eigenvalue weighted by Gasteiger charge is 2.44. The van der Waals surface area contributed by atoms with E-state index in [4.69, 9.17) is 9.47 Å². The minimum absolute atomic E-state index is 0.0347. The summed E-state index contributed by atoms with van der Waals surface area (Å²) in [7, 11) is -0.324. The van der Waals surface area contributed by atoms with E-state index in [2.05, 4.69) is 41.3 Å². The summed E-state index contributed by atoms with van der Waals surface area (Å²) in [6.45, 7) is 1.00. The summed E-state index contributed by atoms with van der Waals surface area (Å²) in [5.41, 5.74) is 2.38. The highest BCUT2D eigenvalue weighted by Crippen LogP contribution is 2.42. The lowest BCUT2D eigenvalue weighted by Gasteiger charge is -2.37. The number of fused-ring (bicyclic) bond motifs is 2. The smallest absolute Gasteiger partial charge is 0.243 e. The molecule has 3 atom stereocenters. The third-order valence-electron chi connectivity index (χ3n) is 7.32. The largest absolute Gasteiger partial charge is 0.497 e. The Morgan fingerprint density at radius 2 is 1.46 bits per heavy atom. The molecule has 0 aromatic heterocycles. The molecule has 0 amide bonds. The summed E-state index contributed by atoms with van der Waals surface area (Å²) in [5, 5.41) is 0. The Kier molecular flexibility index (Phi) is 6.82. The molecule has 2 heterocycles. The van der Waals surface area contributed by atoms with Gasteiger partial charge in [-0.25, -0.2) is 8.42 Å². The van der Waals surface area contributed by atoms with Gasteiger partial charge >= 0.3 is 0 Å². The van der Waals surface area contributed by atoms with Crippen molar-refractivity contribution in [1.82, 2.24) is 9.21 Å². The Morgan fingerprint density at radius 1 is 0.771 bits per heavy atom. The Balaban J connectivity index is 1.49. The Bertz CT molecular complexity index is 1250. The maximum absolute atomic E-state index is 13.6. The van der Waals surface area contributed by atoms with Crippen LogP contribution in [0.1, 0.15) is 36.4 Å². The number of nitrogens with zero attached hydrogens (tertiary/aromatic N) is 2. The van der Waals surface area contributed by atoms with Gasteiger partial charge in [0.25, 0.3) is 0 Å². The van der Waals surface area contributed by atoms with Crippen LogP contribution >= 0.6 is 0 Å². The fraction of sp³-hybridized carbons (Fsp3) is 0.357. The van der Waals surface area contributed by atoms with Gasteiger partial charge in [0.05, 0.1) is 25.2 Å². The summed E-state index contributed by atoms with van der Waals surface area (Å²) >= 11 is 0. The van der Waals surface area contributed by atoms with Gasteiger partial charge in [-0.15, -0.1) is 0 Å². The molecule has 2 fully saturated rings. The predicted octanol–water partition coefficient (Wildman–Crippen LogP) is 4.72. The Morgan fingerprint density at radius 3 is 2.17 bits per heavy atom. The summed E-state index contributed by atoms with van der Waals surface area (Å²) in [6, 6.07) is 25.9. The first-order valence-corrected chi connectivity index (χ1v) is 13.6. The van der Waals surface area contributed by atoms with Gasteiger partial charge in [-0.1, -0.05) is 42.5 Å². The minimum atomic E-state index is -3.59. The van der Waals surface area contributed by atoms with Crippen molar-refractivity contribution in [3.63, 3.8) is 0 Å². The second-order valence-corrected chi connectivity index (χ2v) is 11.2. The van der Waals surface area contributed by atoms with Crippen LogP contribution in [0.3, 0.4) is 0 Å². The minimum Gasteiger partial charge on any atom is -0.497 e. The van der Waals surface area contributed by atoms with Gasteiger partial charge in [-0.3, -0.25) is 4.90 Å². The summed E-state index contributed by atoms with van der Waals surface area (Å²) in [4.78, 5) is 2.88. The van der Waals surface area contributed by atoms with Crippen molar-refractivity contribution in [2.24, 2.45) is 0 Å². The number of hydrogen-bond donors (Lipinski definition) is 0. The molecule has 0 aliphatic carbocycles. The number of hydrogen-bond acceptors (Lipinski definition) is 5. The molecule has 0 saturated carbocycles. The summed E-state index contributed by atoms with van der Waals surface area (Å²) < 4.78 is 39.6. The third kappa shape index (κ3) is 4.68. The molecule has 184 valence electrons. The van der Waals surface area contributed by atoms with Gasteiger partial charge in [-0.2, -0.15) is 4.31 Å². The van der Waals surface area contributed by atoms with Gasteiger partial charge < -0.3 is 9.47 Å². The molecule has 0 N–H and O–H groups in total. The first-order chi connectivity index (χ1) is 17.0. The Labute approximate surface area is 208 Å². The first kappa shape index (κ1) is 23.9. The van der Waals surface area contributed by atoms with Crippen molar-refractivity contribution in [2.75, 3.05) is 27.3 Å². The topological polar surface area (TPSA) is 59.1 Å². The second kappa shape index (κ2) is 10.0. The number of benzene rings is 3. The highest BCUT2D eigenvalue weighted by atomic mass is 32.2. The van der Waals surface area contributed by atoms with Crippen LogP contribution in [-0.4, -0.2) is 57.0 Å². The van der Waals surface area contributed by atoms with Gasteiger partial charge in [0.2, 0.25) is 10.0 Å². The van der Waals surface area contributed by atoms with Crippen molar-refractivity contribution >= 4 is 10.0 Å². The number of ether oxygens (including phenoxy) is 2. The fourth-order valence-corrected chi connectivity index (χ4v) is 7.09. The predicted molar refractivity (Wildman–Crippen MR) is 136 cm³/mol. The van der Waals surface area contributed by atoms with Gasteiger partial charge in [0, 0.05) is 25.2 Å². The van der Waals surface area contributed by atoms with Crippen LogP contribution < -0.4 is 9.47 Å². The lowest BCUT2D eigenvalue weighted by molar-refractivity contribution is 0.155. The van der Waals surface area contributed by atoms with E-state index in [1.165, 1.54) is 11.1 Å². The summed E-state index contributed by atoms with van der Waals surface area (Å²) in [5.74, 6) is 1.48. The van der Waals surface area contributed by atoms with E-state index >= 15 is 0 Å². The van der Waals surface area contributed by atoms with Crippen LogP contribution in [0.2, 0.25) is 0 Å². The van der Waals surface area contributed by atoms with Gasteiger partial charge in [0.1, 0.15) is 11.5 Å². The average molecular weight is 493 g/mol. The Hall–Kier alpha value is -2.87. The van der Waals surface area contributed by atoms with Gasteiger partial charge in [0.15, 0.2) is 0 Å².